The fourth-order valence-electron chi connectivity index (χ4n) is 11.3. The summed E-state index contributed by atoms with van der Waals surface area (Å²) >= 11 is 0. The van der Waals surface area contributed by atoms with Crippen molar-refractivity contribution in [2.75, 3.05) is 4.90 Å². The fourth-order valence-corrected chi connectivity index (χ4v) is 11.3. The molecule has 1 unspecified atom stereocenters. The van der Waals surface area contributed by atoms with Gasteiger partial charge in [0.1, 0.15) is 0 Å². The van der Waals surface area contributed by atoms with E-state index in [0.717, 1.165) is 29.2 Å². The van der Waals surface area contributed by atoms with Gasteiger partial charge in [-0.3, -0.25) is 0 Å². The van der Waals surface area contributed by atoms with E-state index in [1.54, 1.807) is 0 Å². The van der Waals surface area contributed by atoms with Crippen LogP contribution in [0.4, 0.5) is 17.1 Å². The molecule has 2 aliphatic carbocycles. The Bertz CT molecular complexity index is 3590. The second-order valence-corrected chi connectivity index (χ2v) is 16.7. The number of fused-ring (bicyclic) bond motifs is 13. The third-order valence-corrected chi connectivity index (χ3v) is 13.7. The van der Waals surface area contributed by atoms with Crippen LogP contribution < -0.4 is 4.90 Å². The molecule has 2 aliphatic rings. The van der Waals surface area contributed by atoms with Gasteiger partial charge in [-0.1, -0.05) is 165 Å². The largest absolute Gasteiger partial charge is 0.310 e. The number of nitrogens with zero attached hydrogens (tertiary/aromatic N) is 2. The number of benzene rings is 10. The van der Waals surface area contributed by atoms with Crippen LogP contribution in [0.25, 0.3) is 71.3 Å². The lowest BCUT2D eigenvalue weighted by Crippen LogP contribution is -2.33. The van der Waals surface area contributed by atoms with Gasteiger partial charge in [-0.25, -0.2) is 0 Å². The molecule has 1 heterocycles. The van der Waals surface area contributed by atoms with E-state index in [0.29, 0.717) is 0 Å². The van der Waals surface area contributed by atoms with Crippen molar-refractivity contribution in [1.82, 2.24) is 4.57 Å². The Morgan fingerprint density at radius 3 is 1.87 bits per heavy atom. The molecule has 0 saturated heterocycles. The van der Waals surface area contributed by atoms with Crippen LogP contribution in [0.1, 0.15) is 34.7 Å². The van der Waals surface area contributed by atoms with Crippen LogP contribution >= 0.6 is 0 Å². The minimum absolute atomic E-state index is 0.519. The van der Waals surface area contributed by atoms with Gasteiger partial charge in [0.05, 0.1) is 22.1 Å². The smallest absolute Gasteiger partial charge is 0.0729 e. The lowest BCUT2D eigenvalue weighted by Gasteiger charge is -2.41. The molecule has 11 aromatic rings. The number of hydrogen-bond acceptors (Lipinski definition) is 1. The van der Waals surface area contributed by atoms with Gasteiger partial charge >= 0.3 is 0 Å². The van der Waals surface area contributed by atoms with Crippen molar-refractivity contribution in [2.24, 2.45) is 0 Å². The van der Waals surface area contributed by atoms with E-state index in [1.165, 1.54) is 93.4 Å². The van der Waals surface area contributed by atoms with Crippen LogP contribution in [0, 0.1) is 0 Å². The van der Waals surface area contributed by atoms with E-state index in [-0.39, 0.29) is 0 Å². The quantitative estimate of drug-likeness (QED) is 0.169. The van der Waals surface area contributed by atoms with E-state index >= 15 is 0 Å². The van der Waals surface area contributed by atoms with E-state index in [4.69, 9.17) is 0 Å². The zero-order valence-electron chi connectivity index (χ0n) is 33.8. The predicted molar refractivity (Wildman–Crippen MR) is 256 cm³/mol. The van der Waals surface area contributed by atoms with Crippen molar-refractivity contribution in [2.45, 2.75) is 18.8 Å². The molecule has 0 aliphatic heterocycles. The zero-order chi connectivity index (χ0) is 40.2. The second kappa shape index (κ2) is 12.9. The normalized spacial score (nSPS) is 14.8. The number of aryl methyl sites for hydroxylation is 1. The second-order valence-electron chi connectivity index (χ2n) is 16.7. The third-order valence-electron chi connectivity index (χ3n) is 13.7. The standard InChI is InChI=1S/C59H40N2/c1-2-38-30-31-40-18-14-25-49-46-23-9-12-27-52(46)59(58(38)57(40)49)51-26-11-8-22-45(51)47-34-32-43(37-53(47)59)60(54-29-15-17-39-16-6-7-21-44(39)54)42-33-35-56-50(36-42)48-24-10-13-28-55(48)61(56)41-19-4-3-5-20-41/h3-37H,2H2,1H3. The summed E-state index contributed by atoms with van der Waals surface area (Å²) in [4.78, 5) is 2.51. The summed E-state index contributed by atoms with van der Waals surface area (Å²) in [6.45, 7) is 2.32. The Labute approximate surface area is 355 Å². The maximum atomic E-state index is 2.54. The number of aromatic nitrogens is 1. The van der Waals surface area contributed by atoms with Gasteiger partial charge in [0.2, 0.25) is 0 Å². The third kappa shape index (κ3) is 4.62. The molecule has 0 saturated carbocycles. The Kier molecular flexibility index (Phi) is 7.24. The van der Waals surface area contributed by atoms with Crippen LogP contribution in [0.3, 0.4) is 0 Å². The molecule has 0 amide bonds. The molecule has 2 heteroatoms. The summed E-state index contributed by atoms with van der Waals surface area (Å²) in [5.41, 5.74) is 18.6. The first-order chi connectivity index (χ1) is 30.2. The first-order valence-electron chi connectivity index (χ1n) is 21.5. The molecule has 0 bridgehead atoms. The SMILES string of the molecule is CCc1ccc2cccc3c2c1C1(c2ccccc2-c2ccc(N(c4ccc5c(c4)c4ccccc4n5-c4ccccc4)c4cccc5ccccc45)cc21)c1ccccc1-3. The molecule has 61 heavy (non-hydrogen) atoms. The predicted octanol–water partition coefficient (Wildman–Crippen LogP) is 15.5. The minimum Gasteiger partial charge on any atom is -0.310 e. The lowest BCUT2D eigenvalue weighted by molar-refractivity contribution is 0.759. The van der Waals surface area contributed by atoms with E-state index in [9.17, 15) is 0 Å². The molecule has 0 fully saturated rings. The van der Waals surface area contributed by atoms with Gasteiger partial charge in [-0.15, -0.1) is 0 Å². The Morgan fingerprint density at radius 2 is 1.03 bits per heavy atom. The van der Waals surface area contributed by atoms with Gasteiger partial charge in [0.25, 0.3) is 0 Å². The van der Waals surface area contributed by atoms with Gasteiger partial charge in [-0.05, 0) is 127 Å². The van der Waals surface area contributed by atoms with E-state index in [2.05, 4.69) is 229 Å². The summed E-state index contributed by atoms with van der Waals surface area (Å²) in [5.74, 6) is 0. The summed E-state index contributed by atoms with van der Waals surface area (Å²) in [5, 5.41) is 7.56. The van der Waals surface area contributed by atoms with Crippen LogP contribution in [0.15, 0.2) is 212 Å². The summed E-state index contributed by atoms with van der Waals surface area (Å²) < 4.78 is 2.40. The van der Waals surface area contributed by atoms with E-state index < -0.39 is 5.41 Å². The Hall–Kier alpha value is -7.68. The summed E-state index contributed by atoms with van der Waals surface area (Å²) in [6, 6.07) is 79.5. The Morgan fingerprint density at radius 1 is 0.426 bits per heavy atom. The minimum atomic E-state index is -0.519. The van der Waals surface area contributed by atoms with Crippen molar-refractivity contribution >= 4 is 60.4 Å². The molecular formula is C59H40N2. The molecule has 10 aromatic carbocycles. The number of para-hydroxylation sites is 2. The van der Waals surface area contributed by atoms with E-state index in [1.807, 2.05) is 0 Å². The molecular weight excluding hydrogens is 737 g/mol. The first kappa shape index (κ1) is 34.2. The van der Waals surface area contributed by atoms with Crippen LogP contribution in [0.5, 0.6) is 0 Å². The highest BCUT2D eigenvalue weighted by atomic mass is 15.1. The van der Waals surface area contributed by atoms with Crippen molar-refractivity contribution in [1.29, 1.82) is 0 Å². The van der Waals surface area contributed by atoms with Gasteiger partial charge in [0.15, 0.2) is 0 Å². The molecule has 0 radical (unpaired) electrons. The highest BCUT2D eigenvalue weighted by molar-refractivity contribution is 6.12. The fraction of sp³-hybridized carbons (Fsp3) is 0.0508. The average Bonchev–Trinajstić information content (AvgIpc) is 3.81. The molecule has 1 aromatic heterocycles. The maximum absolute atomic E-state index is 2.54. The van der Waals surface area contributed by atoms with Crippen LogP contribution in [0.2, 0.25) is 0 Å². The highest BCUT2D eigenvalue weighted by Gasteiger charge is 2.51. The lowest BCUT2D eigenvalue weighted by atomic mass is 9.60. The molecule has 286 valence electrons. The van der Waals surface area contributed by atoms with Crippen molar-refractivity contribution in [3.05, 3.63) is 240 Å². The molecule has 2 nitrogen and oxygen atoms in total. The number of anilines is 3. The van der Waals surface area contributed by atoms with Crippen molar-refractivity contribution in [3.8, 4) is 27.9 Å². The van der Waals surface area contributed by atoms with Crippen LogP contribution in [-0.4, -0.2) is 4.57 Å². The molecule has 1 atom stereocenters. The maximum Gasteiger partial charge on any atom is 0.0729 e. The summed E-state index contributed by atoms with van der Waals surface area (Å²) in [7, 11) is 0. The van der Waals surface area contributed by atoms with Crippen molar-refractivity contribution in [3.63, 3.8) is 0 Å². The Balaban J connectivity index is 1.13. The van der Waals surface area contributed by atoms with Gasteiger partial charge in [0, 0.05) is 33.2 Å². The van der Waals surface area contributed by atoms with Crippen molar-refractivity contribution < 1.29 is 0 Å². The highest BCUT2D eigenvalue weighted by Crippen LogP contribution is 2.63. The molecule has 0 N–H and O–H groups in total. The zero-order valence-corrected chi connectivity index (χ0v) is 33.8. The van der Waals surface area contributed by atoms with Gasteiger partial charge < -0.3 is 9.47 Å². The van der Waals surface area contributed by atoms with Crippen LogP contribution in [-0.2, 0) is 11.8 Å². The number of rotatable bonds is 5. The average molecular weight is 777 g/mol. The number of hydrogen-bond donors (Lipinski definition) is 0. The first-order valence-corrected chi connectivity index (χ1v) is 21.5. The molecule has 1 spiro atoms. The topological polar surface area (TPSA) is 8.17 Å². The van der Waals surface area contributed by atoms with Gasteiger partial charge in [-0.2, -0.15) is 0 Å². The molecule has 13 rings (SSSR count). The monoisotopic (exact) mass is 776 g/mol. The summed E-state index contributed by atoms with van der Waals surface area (Å²) in [6.07, 6.45) is 0.944.